The fourth-order valence-corrected chi connectivity index (χ4v) is 2.34. The number of hydrogen-bond donors (Lipinski definition) is 2. The minimum absolute atomic E-state index is 0.0100. The van der Waals surface area contributed by atoms with Gasteiger partial charge in [-0.05, 0) is 31.0 Å². The van der Waals surface area contributed by atoms with E-state index in [0.29, 0.717) is 6.42 Å². The van der Waals surface area contributed by atoms with Gasteiger partial charge in [-0.15, -0.1) is 0 Å². The number of hydrogen-bond acceptors (Lipinski definition) is 2. The second-order valence-electron chi connectivity index (χ2n) is 4.67. The van der Waals surface area contributed by atoms with Gasteiger partial charge in [0.2, 0.25) is 5.91 Å². The summed E-state index contributed by atoms with van der Waals surface area (Å²) < 4.78 is 1.04. The van der Waals surface area contributed by atoms with E-state index < -0.39 is 0 Å². The van der Waals surface area contributed by atoms with E-state index in [0.717, 1.165) is 10.0 Å². The largest absolute Gasteiger partial charge is 0.349 e. The Balaban J connectivity index is 1.95. The average molecular weight is 309 g/mol. The van der Waals surface area contributed by atoms with Gasteiger partial charge < -0.3 is 11.1 Å². The average Bonchev–Trinajstić information content (AvgIpc) is 2.76. The molecule has 2 rings (SSSR count). The number of amides is 1. The van der Waals surface area contributed by atoms with Crippen LogP contribution >= 0.6 is 15.9 Å². The first kappa shape index (κ1) is 13.3. The molecule has 0 saturated heterocycles. The van der Waals surface area contributed by atoms with Gasteiger partial charge in [-0.25, -0.2) is 0 Å². The van der Waals surface area contributed by atoms with Gasteiger partial charge in [0.15, 0.2) is 0 Å². The summed E-state index contributed by atoms with van der Waals surface area (Å²) >= 11 is 3.40. The molecule has 1 amide bonds. The van der Waals surface area contributed by atoms with Crippen LogP contribution in [0, 0.1) is 5.92 Å². The first-order valence-electron chi connectivity index (χ1n) is 6.06. The molecule has 0 spiro atoms. The molecule has 1 aliphatic rings. The summed E-state index contributed by atoms with van der Waals surface area (Å²) in [5.74, 6) is -0.0347. The van der Waals surface area contributed by atoms with Crippen molar-refractivity contribution >= 4 is 21.8 Å². The van der Waals surface area contributed by atoms with E-state index in [9.17, 15) is 4.79 Å². The fourth-order valence-electron chi connectivity index (χ4n) is 2.08. The van der Waals surface area contributed by atoms with Crippen LogP contribution in [0.4, 0.5) is 0 Å². The van der Waals surface area contributed by atoms with Crippen molar-refractivity contribution in [3.8, 4) is 0 Å². The summed E-state index contributed by atoms with van der Waals surface area (Å²) in [5.41, 5.74) is 6.84. The van der Waals surface area contributed by atoms with Gasteiger partial charge in [-0.2, -0.15) is 0 Å². The Hall–Kier alpha value is -1.13. The molecule has 0 aromatic heterocycles. The van der Waals surface area contributed by atoms with Crippen LogP contribution in [0.3, 0.4) is 0 Å². The molecular weight excluding hydrogens is 292 g/mol. The Morgan fingerprint density at radius 3 is 2.61 bits per heavy atom. The highest BCUT2D eigenvalue weighted by atomic mass is 79.9. The molecule has 4 heteroatoms. The molecule has 0 aliphatic heterocycles. The maximum atomic E-state index is 12.0. The first-order valence-corrected chi connectivity index (χ1v) is 6.85. The summed E-state index contributed by atoms with van der Waals surface area (Å²) in [4.78, 5) is 12.0. The molecule has 0 fully saturated rings. The number of carbonyl (C=O) groups is 1. The van der Waals surface area contributed by atoms with Crippen LogP contribution in [-0.2, 0) is 4.79 Å². The van der Waals surface area contributed by atoms with Crippen molar-refractivity contribution in [2.45, 2.75) is 25.4 Å². The number of carbonyl (C=O) groups excluding carboxylic acids is 1. The smallest absolute Gasteiger partial charge is 0.227 e. The monoisotopic (exact) mass is 308 g/mol. The topological polar surface area (TPSA) is 55.1 Å². The Labute approximate surface area is 116 Å². The molecule has 0 heterocycles. The lowest BCUT2D eigenvalue weighted by atomic mass is 10.0. The van der Waals surface area contributed by atoms with Crippen molar-refractivity contribution in [2.75, 3.05) is 0 Å². The van der Waals surface area contributed by atoms with Crippen molar-refractivity contribution < 1.29 is 4.79 Å². The quantitative estimate of drug-likeness (QED) is 0.843. The number of benzene rings is 1. The molecule has 96 valence electrons. The second kappa shape index (κ2) is 5.67. The molecule has 3 atom stereocenters. The summed E-state index contributed by atoms with van der Waals surface area (Å²) in [6.45, 7) is 1.99. The highest BCUT2D eigenvalue weighted by molar-refractivity contribution is 9.10. The van der Waals surface area contributed by atoms with Gasteiger partial charge in [0, 0.05) is 10.5 Å². The molecule has 0 saturated carbocycles. The van der Waals surface area contributed by atoms with Gasteiger partial charge in [0.25, 0.3) is 0 Å². The van der Waals surface area contributed by atoms with Gasteiger partial charge >= 0.3 is 0 Å². The molecule has 0 radical (unpaired) electrons. The third kappa shape index (κ3) is 3.21. The molecule has 3 nitrogen and oxygen atoms in total. The van der Waals surface area contributed by atoms with Crippen LogP contribution in [0.25, 0.3) is 0 Å². The molecule has 3 N–H and O–H groups in total. The predicted octanol–water partition coefficient (Wildman–Crippen LogP) is 2.53. The van der Waals surface area contributed by atoms with Crippen molar-refractivity contribution in [2.24, 2.45) is 11.7 Å². The molecule has 2 unspecified atom stereocenters. The highest BCUT2D eigenvalue weighted by Gasteiger charge is 2.23. The Kier molecular flexibility index (Phi) is 4.19. The number of nitrogens with two attached hydrogens (primary N) is 1. The van der Waals surface area contributed by atoms with Crippen molar-refractivity contribution in [3.63, 3.8) is 0 Å². The zero-order chi connectivity index (χ0) is 13.1. The number of nitrogens with one attached hydrogen (secondary N) is 1. The van der Waals surface area contributed by atoms with Crippen LogP contribution < -0.4 is 11.1 Å². The zero-order valence-corrected chi connectivity index (χ0v) is 11.9. The second-order valence-corrected chi connectivity index (χ2v) is 5.59. The maximum Gasteiger partial charge on any atom is 0.227 e. The van der Waals surface area contributed by atoms with E-state index in [1.807, 2.05) is 43.3 Å². The van der Waals surface area contributed by atoms with Gasteiger partial charge in [-0.1, -0.05) is 40.2 Å². The number of halogens is 1. The van der Waals surface area contributed by atoms with Crippen LogP contribution in [0.1, 0.15) is 24.9 Å². The normalized spacial score (nSPS) is 23.9. The van der Waals surface area contributed by atoms with E-state index in [-0.39, 0.29) is 23.9 Å². The van der Waals surface area contributed by atoms with Crippen LogP contribution in [0.15, 0.2) is 40.9 Å². The fraction of sp³-hybridized carbons (Fsp3) is 0.357. The lowest BCUT2D eigenvalue weighted by Crippen LogP contribution is -2.32. The zero-order valence-electron chi connectivity index (χ0n) is 10.3. The summed E-state index contributed by atoms with van der Waals surface area (Å²) in [6, 6.07) is 7.99. The van der Waals surface area contributed by atoms with E-state index in [4.69, 9.17) is 5.73 Å². The van der Waals surface area contributed by atoms with Crippen molar-refractivity contribution in [3.05, 3.63) is 46.5 Å². The Morgan fingerprint density at radius 2 is 2.06 bits per heavy atom. The molecule has 1 aromatic rings. The summed E-state index contributed by atoms with van der Waals surface area (Å²) in [6.07, 6.45) is 4.50. The summed E-state index contributed by atoms with van der Waals surface area (Å²) in [5, 5.41) is 3.02. The van der Waals surface area contributed by atoms with Crippen LogP contribution in [-0.4, -0.2) is 11.9 Å². The SMILES string of the molecule is C[C@H](NC(=O)C1C=CC(N)C1)c1ccc(Br)cc1. The predicted molar refractivity (Wildman–Crippen MR) is 75.9 cm³/mol. The lowest BCUT2D eigenvalue weighted by molar-refractivity contribution is -0.124. The van der Waals surface area contributed by atoms with E-state index >= 15 is 0 Å². The van der Waals surface area contributed by atoms with Gasteiger partial charge in [0.05, 0.1) is 12.0 Å². The van der Waals surface area contributed by atoms with Gasteiger partial charge in [-0.3, -0.25) is 4.79 Å². The van der Waals surface area contributed by atoms with Crippen LogP contribution in [0.5, 0.6) is 0 Å². The van der Waals surface area contributed by atoms with E-state index in [2.05, 4.69) is 21.2 Å². The first-order chi connectivity index (χ1) is 8.56. The van der Waals surface area contributed by atoms with E-state index in [1.54, 1.807) is 0 Å². The molecular formula is C14H17BrN2O. The Morgan fingerprint density at radius 1 is 1.39 bits per heavy atom. The maximum absolute atomic E-state index is 12.0. The molecule has 18 heavy (non-hydrogen) atoms. The third-order valence-electron chi connectivity index (χ3n) is 3.18. The van der Waals surface area contributed by atoms with Crippen molar-refractivity contribution in [1.29, 1.82) is 0 Å². The molecule has 1 aromatic carbocycles. The number of rotatable bonds is 3. The minimum atomic E-state index is -0.0853. The minimum Gasteiger partial charge on any atom is -0.349 e. The highest BCUT2D eigenvalue weighted by Crippen LogP contribution is 2.20. The van der Waals surface area contributed by atoms with Gasteiger partial charge in [0.1, 0.15) is 0 Å². The lowest BCUT2D eigenvalue weighted by Gasteiger charge is -2.17. The van der Waals surface area contributed by atoms with Crippen molar-refractivity contribution in [1.82, 2.24) is 5.32 Å². The summed E-state index contributed by atoms with van der Waals surface area (Å²) in [7, 11) is 0. The third-order valence-corrected chi connectivity index (χ3v) is 3.71. The van der Waals surface area contributed by atoms with Crippen LogP contribution in [0.2, 0.25) is 0 Å². The van der Waals surface area contributed by atoms with E-state index in [1.165, 1.54) is 0 Å². The standard InChI is InChI=1S/C14H17BrN2O/c1-9(10-2-5-12(15)6-3-10)17-14(18)11-4-7-13(16)8-11/h2-7,9,11,13H,8,16H2,1H3,(H,17,18)/t9-,11?,13?/m0/s1. The Bertz CT molecular complexity index is 455. The molecule has 0 bridgehead atoms. The molecule has 1 aliphatic carbocycles.